The Hall–Kier alpha value is -8.04. The van der Waals surface area contributed by atoms with E-state index in [1.807, 2.05) is 94.4 Å². The number of nitrogens with zero attached hydrogens (tertiary/aromatic N) is 4. The highest BCUT2D eigenvalue weighted by Crippen LogP contribution is 2.26. The van der Waals surface area contributed by atoms with Crippen molar-refractivity contribution >= 4 is 84.7 Å². The van der Waals surface area contributed by atoms with Crippen molar-refractivity contribution in [1.29, 1.82) is 10.8 Å². The van der Waals surface area contributed by atoms with Crippen molar-refractivity contribution < 1.29 is 50.8 Å². The number of amides is 4. The van der Waals surface area contributed by atoms with Gasteiger partial charge >= 0.3 is 18.2 Å². The van der Waals surface area contributed by atoms with E-state index < -0.39 is 39.9 Å². The van der Waals surface area contributed by atoms with E-state index in [-0.39, 0.29) is 48.8 Å². The van der Waals surface area contributed by atoms with Gasteiger partial charge in [0.1, 0.15) is 42.1 Å². The topological polar surface area (TPSA) is 241 Å². The largest absolute Gasteiger partial charge is 0.459 e. The minimum atomic E-state index is -3.64. The van der Waals surface area contributed by atoms with Crippen LogP contribution in [0.4, 0.5) is 21.0 Å². The Balaban J connectivity index is 0.000000209. The Bertz CT molecular complexity index is 3270. The number of ether oxygens (including phenoxy) is 3. The summed E-state index contributed by atoms with van der Waals surface area (Å²) in [7, 11) is -3.64. The Kier molecular flexibility index (Phi) is 16.6. The second-order valence-electron chi connectivity index (χ2n) is 19.6. The third kappa shape index (κ3) is 13.6. The number of fused-ring (bicyclic) bond motifs is 2. The minimum Gasteiger partial charge on any atom is -0.459 e. The van der Waals surface area contributed by atoms with E-state index >= 15 is 0 Å². The Morgan fingerprint density at radius 2 is 1.08 bits per heavy atom. The molecule has 6 aromatic rings. The summed E-state index contributed by atoms with van der Waals surface area (Å²) in [5.74, 6) is -1.06. The summed E-state index contributed by atoms with van der Waals surface area (Å²) in [6, 6.07) is 39.2. The van der Waals surface area contributed by atoms with Crippen molar-refractivity contribution in [2.45, 2.75) is 51.5 Å². The van der Waals surface area contributed by atoms with Crippen LogP contribution in [0.5, 0.6) is 0 Å². The van der Waals surface area contributed by atoms with Crippen molar-refractivity contribution in [3.05, 3.63) is 156 Å². The van der Waals surface area contributed by atoms with E-state index in [0.717, 1.165) is 54.0 Å². The molecular weight excluding hydrogens is 993 g/mol. The molecule has 3 atom stereocenters. The highest BCUT2D eigenvalue weighted by Gasteiger charge is 2.36. The summed E-state index contributed by atoms with van der Waals surface area (Å²) in [4.78, 5) is 70.3. The first-order valence-corrected chi connectivity index (χ1v) is 26.5. The van der Waals surface area contributed by atoms with Crippen LogP contribution in [-0.2, 0) is 33.3 Å². The number of amidine groups is 2. The molecule has 3 unspecified atom stereocenters. The number of esters is 1. The van der Waals surface area contributed by atoms with Gasteiger partial charge in [-0.25, -0.2) is 9.59 Å². The molecule has 0 aromatic heterocycles. The molecule has 0 radical (unpaired) electrons. The number of nitrogens with one attached hydrogen (secondary N) is 4. The number of rotatable bonds is 13. The molecule has 3 aliphatic rings. The van der Waals surface area contributed by atoms with Crippen molar-refractivity contribution in [1.82, 2.24) is 20.4 Å². The molecule has 3 fully saturated rings. The number of piperazine rings is 1. The number of benzene rings is 6. The monoisotopic (exact) mass is 1050 g/mol. The lowest BCUT2D eigenvalue weighted by molar-refractivity contribution is -0.161. The van der Waals surface area contributed by atoms with E-state index in [4.69, 9.17) is 29.2 Å². The molecule has 20 heteroatoms. The van der Waals surface area contributed by atoms with Crippen molar-refractivity contribution in [3.63, 3.8) is 0 Å². The third-order valence-corrected chi connectivity index (χ3v) is 13.4. The van der Waals surface area contributed by atoms with Gasteiger partial charge in [-0.05, 0) is 110 Å². The Morgan fingerprint density at radius 1 is 0.645 bits per heavy atom. The Morgan fingerprint density at radius 3 is 1.54 bits per heavy atom. The first-order valence-electron chi connectivity index (χ1n) is 24.7. The summed E-state index contributed by atoms with van der Waals surface area (Å²) >= 11 is 0. The van der Waals surface area contributed by atoms with Crippen LogP contribution >= 0.6 is 0 Å². The molecule has 0 aliphatic carbocycles. The van der Waals surface area contributed by atoms with Gasteiger partial charge in [-0.2, -0.15) is 8.42 Å². The molecule has 3 saturated heterocycles. The minimum absolute atomic E-state index is 0.0218. The van der Waals surface area contributed by atoms with Crippen LogP contribution in [0.3, 0.4) is 0 Å². The summed E-state index contributed by atoms with van der Waals surface area (Å²) in [5.41, 5.74) is 2.62. The van der Waals surface area contributed by atoms with Gasteiger partial charge < -0.3 is 24.8 Å². The maximum atomic E-state index is 12.9. The van der Waals surface area contributed by atoms with Crippen LogP contribution in [0, 0.1) is 10.8 Å². The van der Waals surface area contributed by atoms with Gasteiger partial charge in [0.25, 0.3) is 21.9 Å². The highest BCUT2D eigenvalue weighted by molar-refractivity contribution is 7.86. The summed E-state index contributed by atoms with van der Waals surface area (Å²) in [6.45, 7) is 11.4. The molecule has 3 aliphatic heterocycles. The van der Waals surface area contributed by atoms with Crippen LogP contribution in [0.1, 0.15) is 59.5 Å². The first-order chi connectivity index (χ1) is 36.2. The fourth-order valence-corrected chi connectivity index (χ4v) is 9.37. The van der Waals surface area contributed by atoms with Gasteiger partial charge in [-0.3, -0.25) is 49.0 Å². The lowest BCUT2D eigenvalue weighted by atomic mass is 10.0. The lowest BCUT2D eigenvalue weighted by Crippen LogP contribution is -2.54. The average molecular weight is 1050 g/mol. The van der Waals surface area contributed by atoms with Gasteiger partial charge in [-0.1, -0.05) is 72.8 Å². The number of hydrogen-bond donors (Lipinski definition) is 4. The van der Waals surface area contributed by atoms with E-state index in [0.29, 0.717) is 46.7 Å². The molecule has 6 aromatic carbocycles. The molecule has 0 bridgehead atoms. The normalized spacial score (nSPS) is 17.5. The van der Waals surface area contributed by atoms with Gasteiger partial charge in [0.15, 0.2) is 0 Å². The summed E-state index contributed by atoms with van der Waals surface area (Å²) in [6.07, 6.45) is -1.10. The standard InChI is InChI=1S/C33H39N5O5.C23H21N3O6S/c1-22(31(40)43-33(2,3)4)37-18-16-36(17-19-37)20-26-21-38(32(41)42-26)25-14-12-24(13-15-25)29(34)35-30(39)28-11-7-9-23-8-5-6-10-27(23)28;1-33(29,30)31-14-18-13-26(23(28)32-18)17-11-9-16(10-12-17)21(24)25-22(27)20-8-4-6-15-5-2-3-7-19(15)20/h5-15,22,26H,16-21H2,1-4H3,(H2,34,35,39);2-12,18H,13-14H2,1H3,(H2,24,25,27). The summed E-state index contributed by atoms with van der Waals surface area (Å²) in [5, 5.41) is 25.5. The zero-order valence-corrected chi connectivity index (χ0v) is 43.6. The van der Waals surface area contributed by atoms with Crippen molar-refractivity contribution in [2.75, 3.05) is 68.5 Å². The zero-order valence-electron chi connectivity index (χ0n) is 42.8. The van der Waals surface area contributed by atoms with Gasteiger partial charge in [0.2, 0.25) is 0 Å². The van der Waals surface area contributed by atoms with E-state index in [2.05, 4.69) is 20.4 Å². The average Bonchev–Trinajstić information content (AvgIpc) is 3.97. The lowest BCUT2D eigenvalue weighted by Gasteiger charge is -2.38. The van der Waals surface area contributed by atoms with Gasteiger partial charge in [-0.15, -0.1) is 0 Å². The first kappa shape index (κ1) is 54.2. The van der Waals surface area contributed by atoms with Crippen LogP contribution in [-0.4, -0.2) is 142 Å². The van der Waals surface area contributed by atoms with Gasteiger partial charge in [0, 0.05) is 66.4 Å². The fourth-order valence-electron chi connectivity index (χ4n) is 8.97. The van der Waals surface area contributed by atoms with E-state index in [9.17, 15) is 32.4 Å². The molecule has 0 saturated carbocycles. The van der Waals surface area contributed by atoms with Crippen molar-refractivity contribution in [3.8, 4) is 0 Å². The maximum absolute atomic E-state index is 12.9. The molecular formula is C56H60N8O11S. The van der Waals surface area contributed by atoms with Crippen LogP contribution in [0.15, 0.2) is 133 Å². The van der Waals surface area contributed by atoms with Crippen LogP contribution < -0.4 is 20.4 Å². The predicted octanol–water partition coefficient (Wildman–Crippen LogP) is 7.16. The van der Waals surface area contributed by atoms with E-state index in [1.54, 1.807) is 71.6 Å². The van der Waals surface area contributed by atoms with Crippen molar-refractivity contribution in [2.24, 2.45) is 0 Å². The molecule has 4 amide bonds. The third-order valence-electron chi connectivity index (χ3n) is 12.9. The number of carbonyl (C=O) groups is 5. The maximum Gasteiger partial charge on any atom is 0.414 e. The molecule has 396 valence electrons. The molecule has 19 nitrogen and oxygen atoms in total. The molecule has 0 spiro atoms. The van der Waals surface area contributed by atoms with E-state index in [1.165, 1.54) is 4.90 Å². The van der Waals surface area contributed by atoms with Crippen LogP contribution in [0.2, 0.25) is 0 Å². The van der Waals surface area contributed by atoms with Gasteiger partial charge in [0.05, 0.1) is 19.3 Å². The summed E-state index contributed by atoms with van der Waals surface area (Å²) < 4.78 is 43.3. The zero-order chi connectivity index (χ0) is 54.3. The number of hydrogen-bond acceptors (Lipinski definition) is 15. The smallest absolute Gasteiger partial charge is 0.414 e. The number of carbonyl (C=O) groups excluding carboxylic acids is 5. The molecule has 76 heavy (non-hydrogen) atoms. The number of cyclic esters (lactones) is 2. The van der Waals surface area contributed by atoms with Crippen LogP contribution in [0.25, 0.3) is 21.5 Å². The molecule has 9 rings (SSSR count). The quantitative estimate of drug-likeness (QED) is 0.0295. The molecule has 4 N–H and O–H groups in total. The Labute approximate surface area is 440 Å². The molecule has 3 heterocycles. The highest BCUT2D eigenvalue weighted by atomic mass is 32.2. The number of anilines is 2. The fraction of sp³-hybridized carbons (Fsp3) is 0.304. The predicted molar refractivity (Wildman–Crippen MR) is 289 cm³/mol. The second kappa shape index (κ2) is 23.2. The SMILES string of the molecule is CC(C(=O)OC(C)(C)C)N1CCN(CC2CN(c3ccc(C(=N)NC(=O)c4cccc5ccccc45)cc3)C(=O)O2)CC1.CS(=O)(=O)OCC1CN(c2ccc(C(=N)NC(=O)c3cccc4ccccc34)cc2)C(=O)O1. The second-order valence-corrected chi connectivity index (χ2v) is 21.2.